The van der Waals surface area contributed by atoms with Crippen LogP contribution in [0.1, 0.15) is 25.2 Å². The van der Waals surface area contributed by atoms with Crippen molar-refractivity contribution < 1.29 is 4.39 Å². The summed E-state index contributed by atoms with van der Waals surface area (Å²) < 4.78 is 17.2. The van der Waals surface area contributed by atoms with Gasteiger partial charge >= 0.3 is 0 Å². The van der Waals surface area contributed by atoms with E-state index in [9.17, 15) is 4.39 Å². The van der Waals surface area contributed by atoms with Gasteiger partial charge in [0.25, 0.3) is 0 Å². The third kappa shape index (κ3) is 4.14. The van der Waals surface area contributed by atoms with E-state index >= 15 is 0 Å². The fraction of sp³-hybridized carbons (Fsp3) is 0.385. The number of aromatic nitrogens is 2. The van der Waals surface area contributed by atoms with Crippen molar-refractivity contribution in [3.63, 3.8) is 0 Å². The summed E-state index contributed by atoms with van der Waals surface area (Å²) in [5, 5.41) is 4.44. The van der Waals surface area contributed by atoms with Crippen molar-refractivity contribution >= 4 is 28.3 Å². The van der Waals surface area contributed by atoms with Gasteiger partial charge in [0.1, 0.15) is 11.6 Å². The highest BCUT2D eigenvalue weighted by molar-refractivity contribution is 7.09. The van der Waals surface area contributed by atoms with Crippen LogP contribution in [0.15, 0.2) is 18.2 Å². The van der Waals surface area contributed by atoms with E-state index in [-0.39, 0.29) is 5.82 Å². The third-order valence-corrected chi connectivity index (χ3v) is 3.56. The van der Waals surface area contributed by atoms with E-state index < -0.39 is 0 Å². The minimum Gasteiger partial charge on any atom is -0.360 e. The summed E-state index contributed by atoms with van der Waals surface area (Å²) in [7, 11) is 0. The van der Waals surface area contributed by atoms with Gasteiger partial charge in [0, 0.05) is 29.5 Å². The van der Waals surface area contributed by atoms with Crippen LogP contribution in [0, 0.1) is 11.7 Å². The molecule has 0 amide bonds. The van der Waals surface area contributed by atoms with Gasteiger partial charge in [-0.2, -0.15) is 4.37 Å². The molecule has 19 heavy (non-hydrogen) atoms. The zero-order valence-electron chi connectivity index (χ0n) is 10.8. The van der Waals surface area contributed by atoms with Crippen molar-refractivity contribution in [2.24, 2.45) is 5.92 Å². The Morgan fingerprint density at radius 2 is 2.21 bits per heavy atom. The number of halogens is 2. The molecule has 6 heteroatoms. The Balaban J connectivity index is 2.03. The Morgan fingerprint density at radius 1 is 1.42 bits per heavy atom. The lowest BCUT2D eigenvalue weighted by molar-refractivity contribution is 0.627. The summed E-state index contributed by atoms with van der Waals surface area (Å²) >= 11 is 7.31. The number of hydrogen-bond acceptors (Lipinski definition) is 4. The second-order valence-corrected chi connectivity index (χ2v) is 5.86. The quantitative estimate of drug-likeness (QED) is 0.907. The normalized spacial score (nSPS) is 11.0. The minimum absolute atomic E-state index is 0.334. The zero-order chi connectivity index (χ0) is 13.8. The van der Waals surface area contributed by atoms with Crippen LogP contribution in [0.25, 0.3) is 0 Å². The number of rotatable bonds is 5. The Bertz CT molecular complexity index is 557. The van der Waals surface area contributed by atoms with Crippen LogP contribution in [0.5, 0.6) is 0 Å². The molecule has 1 aromatic carbocycles. The first-order chi connectivity index (χ1) is 9.04. The first-order valence-corrected chi connectivity index (χ1v) is 7.20. The van der Waals surface area contributed by atoms with Crippen LogP contribution in [0.2, 0.25) is 5.02 Å². The number of nitrogens with one attached hydrogen (secondary N) is 1. The molecular formula is C13H15ClFN3S. The van der Waals surface area contributed by atoms with Crippen molar-refractivity contribution in [3.05, 3.63) is 40.4 Å². The smallest absolute Gasteiger partial charge is 0.202 e. The first kappa shape index (κ1) is 14.2. The van der Waals surface area contributed by atoms with E-state index in [0.29, 0.717) is 23.2 Å². The Labute approximate surface area is 121 Å². The average Bonchev–Trinajstić information content (AvgIpc) is 2.78. The Kier molecular flexibility index (Phi) is 4.71. The lowest BCUT2D eigenvalue weighted by atomic mass is 10.1. The lowest BCUT2D eigenvalue weighted by Gasteiger charge is -2.04. The zero-order valence-corrected chi connectivity index (χ0v) is 12.4. The average molecular weight is 300 g/mol. The standard InChI is InChI=1S/C13H15ClFN3S/c1-8(2)7-16-13-17-12(18-19-13)5-9-3-4-10(15)6-11(9)14/h3-4,6,8H,5,7H2,1-2H3,(H,16,17,18). The molecule has 0 atom stereocenters. The molecule has 0 saturated carbocycles. The largest absolute Gasteiger partial charge is 0.360 e. The van der Waals surface area contributed by atoms with Gasteiger partial charge < -0.3 is 5.32 Å². The van der Waals surface area contributed by atoms with Gasteiger partial charge in [-0.3, -0.25) is 0 Å². The van der Waals surface area contributed by atoms with Gasteiger partial charge in [0.05, 0.1) is 0 Å². The van der Waals surface area contributed by atoms with Gasteiger partial charge in [0.15, 0.2) is 0 Å². The van der Waals surface area contributed by atoms with Crippen molar-refractivity contribution in [2.45, 2.75) is 20.3 Å². The summed E-state index contributed by atoms with van der Waals surface area (Å²) in [4.78, 5) is 4.38. The molecule has 1 aromatic heterocycles. The molecule has 0 radical (unpaired) electrons. The maximum Gasteiger partial charge on any atom is 0.202 e. The van der Waals surface area contributed by atoms with Gasteiger partial charge in [-0.05, 0) is 23.6 Å². The van der Waals surface area contributed by atoms with Crippen LogP contribution in [-0.2, 0) is 6.42 Å². The van der Waals surface area contributed by atoms with Crippen LogP contribution in [-0.4, -0.2) is 15.9 Å². The topological polar surface area (TPSA) is 37.8 Å². The predicted molar refractivity (Wildman–Crippen MR) is 77.5 cm³/mol. The summed E-state index contributed by atoms with van der Waals surface area (Å²) in [5.41, 5.74) is 0.830. The van der Waals surface area contributed by atoms with Crippen LogP contribution in [0.4, 0.5) is 9.52 Å². The number of anilines is 1. The number of nitrogens with zero attached hydrogens (tertiary/aromatic N) is 2. The molecule has 0 unspecified atom stereocenters. The second kappa shape index (κ2) is 6.30. The first-order valence-electron chi connectivity index (χ1n) is 6.05. The van der Waals surface area contributed by atoms with Crippen molar-refractivity contribution in [1.29, 1.82) is 0 Å². The highest BCUT2D eigenvalue weighted by atomic mass is 35.5. The molecule has 0 aliphatic rings. The minimum atomic E-state index is -0.334. The third-order valence-electron chi connectivity index (χ3n) is 2.49. The lowest BCUT2D eigenvalue weighted by Crippen LogP contribution is -2.07. The fourth-order valence-corrected chi connectivity index (χ4v) is 2.35. The molecule has 0 saturated heterocycles. The molecule has 0 fully saturated rings. The molecule has 2 aromatic rings. The molecule has 0 aliphatic heterocycles. The van der Waals surface area contributed by atoms with Crippen LogP contribution >= 0.6 is 23.1 Å². The van der Waals surface area contributed by atoms with E-state index in [2.05, 4.69) is 28.5 Å². The molecule has 1 N–H and O–H groups in total. The number of benzene rings is 1. The highest BCUT2D eigenvalue weighted by Crippen LogP contribution is 2.21. The van der Waals surface area contributed by atoms with Gasteiger partial charge in [-0.1, -0.05) is 31.5 Å². The summed E-state index contributed by atoms with van der Waals surface area (Å²) in [6.45, 7) is 5.13. The molecule has 0 bridgehead atoms. The molecule has 3 nitrogen and oxygen atoms in total. The van der Waals surface area contributed by atoms with E-state index in [1.165, 1.54) is 23.7 Å². The molecule has 0 aliphatic carbocycles. The second-order valence-electron chi connectivity index (χ2n) is 4.70. The number of hydrogen-bond donors (Lipinski definition) is 1. The highest BCUT2D eigenvalue weighted by Gasteiger charge is 2.08. The van der Waals surface area contributed by atoms with E-state index in [1.807, 2.05) is 0 Å². The molecule has 1 heterocycles. The molecule has 102 valence electrons. The Hall–Kier alpha value is -1.20. The summed E-state index contributed by atoms with van der Waals surface area (Å²) in [6, 6.07) is 4.37. The monoisotopic (exact) mass is 299 g/mol. The van der Waals surface area contributed by atoms with Crippen LogP contribution in [0.3, 0.4) is 0 Å². The summed E-state index contributed by atoms with van der Waals surface area (Å²) in [6.07, 6.45) is 0.513. The molecular weight excluding hydrogens is 285 g/mol. The van der Waals surface area contributed by atoms with Gasteiger partial charge in [-0.15, -0.1) is 0 Å². The van der Waals surface area contributed by atoms with E-state index in [1.54, 1.807) is 6.07 Å². The maximum absolute atomic E-state index is 12.9. The summed E-state index contributed by atoms with van der Waals surface area (Å²) in [5.74, 6) is 0.919. The molecule has 0 spiro atoms. The van der Waals surface area contributed by atoms with Crippen molar-refractivity contribution in [3.8, 4) is 0 Å². The Morgan fingerprint density at radius 3 is 2.89 bits per heavy atom. The SMILES string of the molecule is CC(C)CNc1nc(Cc2ccc(F)cc2Cl)ns1. The fourth-order valence-electron chi connectivity index (χ4n) is 1.52. The van der Waals surface area contributed by atoms with Gasteiger partial charge in [0.2, 0.25) is 5.13 Å². The van der Waals surface area contributed by atoms with E-state index in [0.717, 1.165) is 17.2 Å². The van der Waals surface area contributed by atoms with Crippen LogP contribution < -0.4 is 5.32 Å². The van der Waals surface area contributed by atoms with Crippen molar-refractivity contribution in [2.75, 3.05) is 11.9 Å². The van der Waals surface area contributed by atoms with Gasteiger partial charge in [-0.25, -0.2) is 9.37 Å². The van der Waals surface area contributed by atoms with E-state index in [4.69, 9.17) is 11.6 Å². The maximum atomic E-state index is 12.9. The van der Waals surface area contributed by atoms with Crippen molar-refractivity contribution in [1.82, 2.24) is 9.36 Å². The molecule has 2 rings (SSSR count). The predicted octanol–water partition coefficient (Wildman–Crippen LogP) is 3.99.